The fourth-order valence-corrected chi connectivity index (χ4v) is 4.14. The second-order valence-electron chi connectivity index (χ2n) is 6.64. The van der Waals surface area contributed by atoms with E-state index in [1.165, 1.54) is 12.2 Å². The molecular weight excluding hydrogens is 490 g/mol. The lowest BCUT2D eigenvalue weighted by molar-refractivity contribution is -0.110. The maximum Gasteiger partial charge on any atom is 0.180 e. The zero-order valence-electron chi connectivity index (χ0n) is 16.2. The van der Waals surface area contributed by atoms with Crippen molar-refractivity contribution in [3.05, 3.63) is 116 Å². The van der Waals surface area contributed by atoms with Crippen molar-refractivity contribution < 1.29 is 4.79 Å². The Hall–Kier alpha value is -2.83. The van der Waals surface area contributed by atoms with E-state index in [-0.39, 0.29) is 5.78 Å². The van der Waals surface area contributed by atoms with Crippen molar-refractivity contribution in [2.45, 2.75) is 0 Å². The largest absolute Gasteiger partial charge is 0.345 e. The maximum absolute atomic E-state index is 13.2. The number of carbonyl (C=O) groups is 1. The van der Waals surface area contributed by atoms with Crippen molar-refractivity contribution >= 4 is 63.3 Å². The van der Waals surface area contributed by atoms with E-state index < -0.39 is 0 Å². The van der Waals surface area contributed by atoms with Gasteiger partial charge >= 0.3 is 0 Å². The van der Waals surface area contributed by atoms with E-state index in [4.69, 9.17) is 46.4 Å². The third-order valence-corrected chi connectivity index (χ3v) is 5.62. The molecule has 0 aliphatic rings. The van der Waals surface area contributed by atoms with Crippen molar-refractivity contribution in [2.24, 2.45) is 0 Å². The first kappa shape index (κ1) is 22.4. The van der Waals surface area contributed by atoms with Gasteiger partial charge in [0, 0.05) is 57.1 Å². The summed E-state index contributed by atoms with van der Waals surface area (Å²) in [5.41, 5.74) is 2.24. The minimum atomic E-state index is -0.320. The number of ketones is 1. The average molecular weight is 504 g/mol. The molecule has 0 spiro atoms. The monoisotopic (exact) mass is 502 g/mol. The molecule has 9 heteroatoms. The fourth-order valence-electron chi connectivity index (χ4n) is 3.11. The number of allylic oxidation sites excluding steroid dienone is 2. The number of rotatable bonds is 6. The first-order chi connectivity index (χ1) is 15.4. The van der Waals surface area contributed by atoms with Gasteiger partial charge in [-0.1, -0.05) is 58.5 Å². The molecule has 32 heavy (non-hydrogen) atoms. The van der Waals surface area contributed by atoms with Crippen molar-refractivity contribution in [2.75, 3.05) is 0 Å². The molecule has 0 saturated heterocycles. The molecule has 0 unspecified atom stereocenters. The third-order valence-electron chi connectivity index (χ3n) is 4.52. The van der Waals surface area contributed by atoms with Gasteiger partial charge in [0.2, 0.25) is 0 Å². The number of halogens is 4. The number of benzene rings is 2. The van der Waals surface area contributed by atoms with Crippen LogP contribution in [0.3, 0.4) is 0 Å². The summed E-state index contributed by atoms with van der Waals surface area (Å²) in [6.45, 7) is 0. The standard InChI is InChI=1S/C23H14Cl4N4O/c24-13-1-3-16(20(26)9-13)18(22-28-5-6-29-22)11-15(32)12-19(23-30-7-8-31-23)17-4-2-14(25)10-21(17)27/h1-12H,(H,28,29)(H,30,31). The number of aromatic amines is 2. The summed E-state index contributed by atoms with van der Waals surface area (Å²) in [5, 5.41) is 1.76. The topological polar surface area (TPSA) is 74.4 Å². The Labute approximate surface area is 203 Å². The second kappa shape index (κ2) is 9.76. The summed E-state index contributed by atoms with van der Waals surface area (Å²) in [6.07, 6.45) is 9.40. The van der Waals surface area contributed by atoms with E-state index >= 15 is 0 Å². The number of carbonyl (C=O) groups excluding carboxylic acids is 1. The molecule has 0 aliphatic carbocycles. The molecule has 0 aliphatic heterocycles. The van der Waals surface area contributed by atoms with E-state index in [2.05, 4.69) is 19.9 Å². The van der Waals surface area contributed by atoms with Crippen molar-refractivity contribution in [3.8, 4) is 0 Å². The Bertz CT molecular complexity index is 1220. The van der Waals surface area contributed by atoms with Crippen molar-refractivity contribution in [3.63, 3.8) is 0 Å². The summed E-state index contributed by atoms with van der Waals surface area (Å²) >= 11 is 24.9. The van der Waals surface area contributed by atoms with Crippen LogP contribution in [0.2, 0.25) is 20.1 Å². The van der Waals surface area contributed by atoms with E-state index in [1.807, 2.05) is 0 Å². The summed E-state index contributed by atoms with van der Waals surface area (Å²) in [7, 11) is 0. The Kier molecular flexibility index (Phi) is 6.82. The molecule has 0 fully saturated rings. The van der Waals surface area contributed by atoms with Gasteiger partial charge in [0.25, 0.3) is 0 Å². The lowest BCUT2D eigenvalue weighted by Gasteiger charge is -2.09. The number of hydrogen-bond donors (Lipinski definition) is 2. The third kappa shape index (κ3) is 4.97. The Morgan fingerprint density at radius 3 is 1.50 bits per heavy atom. The molecule has 4 rings (SSSR count). The highest BCUT2D eigenvalue weighted by Crippen LogP contribution is 2.32. The Morgan fingerprint density at radius 2 is 1.16 bits per heavy atom. The number of imidazole rings is 2. The highest BCUT2D eigenvalue weighted by molar-refractivity contribution is 6.36. The van der Waals surface area contributed by atoms with Gasteiger partial charge in [-0.05, 0) is 36.4 Å². The van der Waals surface area contributed by atoms with Crippen LogP contribution in [-0.2, 0) is 4.79 Å². The van der Waals surface area contributed by atoms with Gasteiger partial charge in [-0.15, -0.1) is 0 Å². The highest BCUT2D eigenvalue weighted by Gasteiger charge is 2.16. The first-order valence-corrected chi connectivity index (χ1v) is 10.8. The molecule has 4 aromatic rings. The van der Waals surface area contributed by atoms with E-state index in [0.29, 0.717) is 54.0 Å². The minimum Gasteiger partial charge on any atom is -0.345 e. The van der Waals surface area contributed by atoms with Crippen LogP contribution >= 0.6 is 46.4 Å². The second-order valence-corrected chi connectivity index (χ2v) is 8.33. The highest BCUT2D eigenvalue weighted by atomic mass is 35.5. The van der Waals surface area contributed by atoms with E-state index in [9.17, 15) is 4.79 Å². The quantitative estimate of drug-likeness (QED) is 0.281. The number of H-pyrrole nitrogens is 2. The maximum atomic E-state index is 13.2. The Morgan fingerprint density at radius 1 is 0.719 bits per heavy atom. The van der Waals surface area contributed by atoms with E-state index in [0.717, 1.165) is 0 Å². The number of nitrogens with one attached hydrogen (secondary N) is 2. The molecule has 0 amide bonds. The summed E-state index contributed by atoms with van der Waals surface area (Å²) < 4.78 is 0. The molecule has 160 valence electrons. The van der Waals surface area contributed by atoms with Gasteiger partial charge in [0.1, 0.15) is 11.6 Å². The molecular formula is C23H14Cl4N4O. The molecule has 2 aromatic carbocycles. The lowest BCUT2D eigenvalue weighted by Crippen LogP contribution is -2.00. The first-order valence-electron chi connectivity index (χ1n) is 9.30. The van der Waals surface area contributed by atoms with Gasteiger partial charge in [-0.25, -0.2) is 9.97 Å². The van der Waals surface area contributed by atoms with E-state index in [1.54, 1.807) is 61.2 Å². The molecule has 0 atom stereocenters. The molecule has 0 saturated carbocycles. The number of aromatic nitrogens is 4. The normalized spacial score (nSPS) is 12.2. The molecule has 5 nitrogen and oxygen atoms in total. The minimum absolute atomic E-state index is 0.320. The average Bonchev–Trinajstić information content (AvgIpc) is 3.45. The van der Waals surface area contributed by atoms with Crippen LogP contribution in [0.15, 0.2) is 73.3 Å². The van der Waals surface area contributed by atoms with Crippen LogP contribution < -0.4 is 0 Å². The zero-order chi connectivity index (χ0) is 22.7. The lowest BCUT2D eigenvalue weighted by atomic mass is 10.0. The van der Waals surface area contributed by atoms with Crippen LogP contribution in [0.5, 0.6) is 0 Å². The zero-order valence-corrected chi connectivity index (χ0v) is 19.3. The van der Waals surface area contributed by atoms with Gasteiger partial charge in [0.15, 0.2) is 5.78 Å². The smallest absolute Gasteiger partial charge is 0.180 e. The molecule has 2 aromatic heterocycles. The van der Waals surface area contributed by atoms with Crippen LogP contribution in [0.4, 0.5) is 0 Å². The summed E-state index contributed by atoms with van der Waals surface area (Å²) in [6, 6.07) is 10.1. The molecule has 0 bridgehead atoms. The predicted molar refractivity (Wildman–Crippen MR) is 129 cm³/mol. The van der Waals surface area contributed by atoms with Gasteiger partial charge in [0.05, 0.1) is 10.0 Å². The molecule has 2 N–H and O–H groups in total. The van der Waals surface area contributed by atoms with Crippen LogP contribution in [0, 0.1) is 0 Å². The van der Waals surface area contributed by atoms with Crippen LogP contribution in [0.25, 0.3) is 11.1 Å². The van der Waals surface area contributed by atoms with Gasteiger partial charge < -0.3 is 9.97 Å². The molecule has 2 heterocycles. The summed E-state index contributed by atoms with van der Waals surface area (Å²) in [4.78, 5) is 27.8. The van der Waals surface area contributed by atoms with Crippen LogP contribution in [-0.4, -0.2) is 25.7 Å². The van der Waals surface area contributed by atoms with Crippen LogP contribution in [0.1, 0.15) is 22.8 Å². The van der Waals surface area contributed by atoms with Crippen molar-refractivity contribution in [1.29, 1.82) is 0 Å². The summed E-state index contributed by atoms with van der Waals surface area (Å²) in [5.74, 6) is 0.653. The predicted octanol–water partition coefficient (Wildman–Crippen LogP) is 6.88. The van der Waals surface area contributed by atoms with Gasteiger partial charge in [-0.3, -0.25) is 4.79 Å². The van der Waals surface area contributed by atoms with Crippen molar-refractivity contribution in [1.82, 2.24) is 19.9 Å². The SMILES string of the molecule is O=C(C=C(c1ncc[nH]1)c1ccc(Cl)cc1Cl)C=C(c1ncc[nH]1)c1ccc(Cl)cc1Cl. The number of nitrogens with zero attached hydrogens (tertiary/aromatic N) is 2. The van der Waals surface area contributed by atoms with Gasteiger partial charge in [-0.2, -0.15) is 0 Å². The number of hydrogen-bond acceptors (Lipinski definition) is 3. The fraction of sp³-hybridized carbons (Fsp3) is 0. The molecule has 0 radical (unpaired) electrons. The Balaban J connectivity index is 1.83.